The molecule has 2 heterocycles. The van der Waals surface area contributed by atoms with Crippen LogP contribution in [0.5, 0.6) is 0 Å². The van der Waals surface area contributed by atoms with Gasteiger partial charge in [0, 0.05) is 6.20 Å². The fourth-order valence-corrected chi connectivity index (χ4v) is 2.27. The monoisotopic (exact) mass is 287 g/mol. The van der Waals surface area contributed by atoms with E-state index in [1.165, 1.54) is 6.20 Å². The summed E-state index contributed by atoms with van der Waals surface area (Å²) in [4.78, 5) is 3.73. The van der Waals surface area contributed by atoms with Crippen LogP contribution in [0, 0.1) is 6.92 Å². The lowest BCUT2D eigenvalue weighted by atomic mass is 10.0. The quantitative estimate of drug-likeness (QED) is 0.820. The van der Waals surface area contributed by atoms with Gasteiger partial charge in [0.05, 0.1) is 23.9 Å². The van der Waals surface area contributed by atoms with E-state index in [1.807, 2.05) is 37.3 Å². The van der Waals surface area contributed by atoms with Gasteiger partial charge in [-0.1, -0.05) is 35.9 Å². The number of nitrogens with one attached hydrogen (secondary N) is 2. The van der Waals surface area contributed by atoms with Gasteiger partial charge in [-0.05, 0) is 18.6 Å². The smallest absolute Gasteiger partial charge is 0.208 e. The molecule has 0 spiro atoms. The van der Waals surface area contributed by atoms with E-state index in [9.17, 15) is 8.78 Å². The van der Waals surface area contributed by atoms with Gasteiger partial charge in [-0.3, -0.25) is 0 Å². The van der Waals surface area contributed by atoms with Crippen LogP contribution in [0.4, 0.5) is 8.78 Å². The van der Waals surface area contributed by atoms with Crippen molar-refractivity contribution in [3.63, 3.8) is 0 Å². The van der Waals surface area contributed by atoms with Gasteiger partial charge in [0.15, 0.2) is 5.95 Å². The van der Waals surface area contributed by atoms with E-state index in [1.54, 1.807) is 6.08 Å². The minimum Gasteiger partial charge on any atom is -0.381 e. The minimum absolute atomic E-state index is 0.0432. The highest BCUT2D eigenvalue weighted by atomic mass is 19.1. The highest BCUT2D eigenvalue weighted by Crippen LogP contribution is 2.28. The number of aliphatic imine (C=N–C) groups is 1. The van der Waals surface area contributed by atoms with E-state index < -0.39 is 11.9 Å². The number of allylic oxidation sites excluding steroid dienone is 1. The highest BCUT2D eigenvalue weighted by molar-refractivity contribution is 5.80. The lowest BCUT2D eigenvalue weighted by Gasteiger charge is -2.22. The summed E-state index contributed by atoms with van der Waals surface area (Å²) in [5.74, 6) is -1.06. The van der Waals surface area contributed by atoms with Crippen molar-refractivity contribution >= 4 is 5.97 Å². The van der Waals surface area contributed by atoms with Crippen molar-refractivity contribution in [1.82, 2.24) is 10.6 Å². The zero-order valence-electron chi connectivity index (χ0n) is 11.5. The molecule has 0 bridgehead atoms. The second-order valence-electron chi connectivity index (χ2n) is 5.02. The van der Waals surface area contributed by atoms with Crippen LogP contribution in [0.25, 0.3) is 0 Å². The zero-order chi connectivity index (χ0) is 14.8. The summed E-state index contributed by atoms with van der Waals surface area (Å²) in [5.41, 5.74) is 2.62. The first-order chi connectivity index (χ1) is 10.1. The Labute approximate surface area is 121 Å². The summed E-state index contributed by atoms with van der Waals surface area (Å²) in [6, 6.07) is 7.63. The normalized spacial score (nSPS) is 21.4. The molecule has 0 radical (unpaired) electrons. The maximum absolute atomic E-state index is 14.2. The van der Waals surface area contributed by atoms with Crippen molar-refractivity contribution in [3.8, 4) is 0 Å². The number of benzene rings is 1. The largest absolute Gasteiger partial charge is 0.381 e. The average Bonchev–Trinajstić information content (AvgIpc) is 2.48. The third kappa shape index (κ3) is 2.86. The topological polar surface area (TPSA) is 36.4 Å². The van der Waals surface area contributed by atoms with Crippen LogP contribution in [0.15, 0.2) is 64.8 Å². The van der Waals surface area contributed by atoms with E-state index in [0.29, 0.717) is 0 Å². The molecule has 0 amide bonds. The van der Waals surface area contributed by atoms with Crippen molar-refractivity contribution < 1.29 is 8.78 Å². The van der Waals surface area contributed by atoms with Crippen molar-refractivity contribution in [1.29, 1.82) is 0 Å². The number of rotatable bonds is 2. The minimum atomic E-state index is -0.554. The fraction of sp³-hybridized carbons (Fsp3) is 0.188. The van der Waals surface area contributed by atoms with Crippen molar-refractivity contribution in [2.24, 2.45) is 4.99 Å². The van der Waals surface area contributed by atoms with Gasteiger partial charge in [0.2, 0.25) is 5.97 Å². The molecule has 2 aliphatic rings. The number of hydrogen-bond acceptors (Lipinski definition) is 3. The highest BCUT2D eigenvalue weighted by Gasteiger charge is 2.20. The molecular formula is C16H15F2N3. The number of aryl methyl sites for hydroxylation is 1. The predicted molar refractivity (Wildman–Crippen MR) is 79.0 cm³/mol. The van der Waals surface area contributed by atoms with Crippen LogP contribution in [0.1, 0.15) is 17.2 Å². The molecule has 1 atom stereocenters. The molecule has 0 saturated heterocycles. The van der Waals surface area contributed by atoms with Gasteiger partial charge < -0.3 is 10.6 Å². The van der Waals surface area contributed by atoms with Gasteiger partial charge in [0.1, 0.15) is 0 Å². The van der Waals surface area contributed by atoms with Gasteiger partial charge >= 0.3 is 0 Å². The number of nitrogens with zero attached hydrogens (tertiary/aromatic N) is 1. The lowest BCUT2D eigenvalue weighted by molar-refractivity contribution is 0.502. The molecule has 2 aliphatic heterocycles. The van der Waals surface area contributed by atoms with Crippen molar-refractivity contribution in [2.75, 3.05) is 6.54 Å². The van der Waals surface area contributed by atoms with E-state index in [4.69, 9.17) is 0 Å². The Hall–Kier alpha value is -2.43. The predicted octanol–water partition coefficient (Wildman–Crippen LogP) is 3.19. The Morgan fingerprint density at radius 3 is 2.62 bits per heavy atom. The number of hydrogen-bond donors (Lipinski definition) is 2. The second-order valence-corrected chi connectivity index (χ2v) is 5.02. The Balaban J connectivity index is 1.82. The summed E-state index contributed by atoms with van der Waals surface area (Å²) < 4.78 is 27.4. The molecule has 5 heteroatoms. The molecule has 108 valence electrons. The van der Waals surface area contributed by atoms with Crippen LogP contribution >= 0.6 is 0 Å². The van der Waals surface area contributed by atoms with E-state index in [-0.39, 0.29) is 23.9 Å². The molecule has 3 nitrogen and oxygen atoms in total. The molecule has 1 aromatic carbocycles. The zero-order valence-corrected chi connectivity index (χ0v) is 11.5. The van der Waals surface area contributed by atoms with Crippen LogP contribution in [-0.4, -0.2) is 12.5 Å². The Bertz CT molecular complexity index is 669. The Kier molecular flexibility index (Phi) is 3.56. The molecule has 0 aliphatic carbocycles. The summed E-state index contributed by atoms with van der Waals surface area (Å²) in [6.45, 7) is 2.04. The van der Waals surface area contributed by atoms with Crippen LogP contribution < -0.4 is 10.6 Å². The second kappa shape index (κ2) is 5.52. The van der Waals surface area contributed by atoms with Gasteiger partial charge in [-0.25, -0.2) is 4.99 Å². The van der Waals surface area contributed by atoms with Crippen LogP contribution in [-0.2, 0) is 0 Å². The molecule has 0 saturated carbocycles. The third-order valence-electron chi connectivity index (χ3n) is 3.41. The molecule has 2 N–H and O–H groups in total. The number of halogens is 2. The van der Waals surface area contributed by atoms with E-state index >= 15 is 0 Å². The maximum atomic E-state index is 14.2. The van der Waals surface area contributed by atoms with Gasteiger partial charge in [-0.15, -0.1) is 0 Å². The number of dihydropyridines is 1. The summed E-state index contributed by atoms with van der Waals surface area (Å²) in [7, 11) is 0. The summed E-state index contributed by atoms with van der Waals surface area (Å²) in [6.07, 6.45) is 4.98. The molecular weight excluding hydrogens is 272 g/mol. The van der Waals surface area contributed by atoms with Crippen molar-refractivity contribution in [3.05, 3.63) is 71.0 Å². The Morgan fingerprint density at radius 2 is 1.95 bits per heavy atom. The summed E-state index contributed by atoms with van der Waals surface area (Å²) >= 11 is 0. The standard InChI is InChI=1S/C16H15F2N3/c1-10-2-4-11(5-3-10)13-7-6-12(16(18)21-13)14-8-19-9-15(17)20-14/h2-8,13,19,21H,9H2,1H3. The average molecular weight is 287 g/mol. The van der Waals surface area contributed by atoms with Gasteiger partial charge in [-0.2, -0.15) is 8.78 Å². The Morgan fingerprint density at radius 1 is 1.19 bits per heavy atom. The molecule has 1 unspecified atom stereocenters. The van der Waals surface area contributed by atoms with E-state index in [0.717, 1.165) is 11.1 Å². The first-order valence-electron chi connectivity index (χ1n) is 6.71. The SMILES string of the molecule is Cc1ccc(C2C=CC(C3=CNCC(F)=N3)=C(F)N2)cc1. The first kappa shape index (κ1) is 13.5. The van der Waals surface area contributed by atoms with Crippen LogP contribution in [0.2, 0.25) is 0 Å². The lowest BCUT2D eigenvalue weighted by Crippen LogP contribution is -2.24. The molecule has 0 fully saturated rings. The molecule has 0 aromatic heterocycles. The van der Waals surface area contributed by atoms with Crippen LogP contribution in [0.3, 0.4) is 0 Å². The molecule has 21 heavy (non-hydrogen) atoms. The van der Waals surface area contributed by atoms with Gasteiger partial charge in [0.25, 0.3) is 0 Å². The summed E-state index contributed by atoms with van der Waals surface area (Å²) in [5, 5.41) is 5.50. The van der Waals surface area contributed by atoms with E-state index in [2.05, 4.69) is 15.6 Å². The van der Waals surface area contributed by atoms with Crippen molar-refractivity contribution in [2.45, 2.75) is 13.0 Å². The first-order valence-corrected chi connectivity index (χ1v) is 6.71. The molecule has 1 aromatic rings. The maximum Gasteiger partial charge on any atom is 0.208 e. The molecule has 3 rings (SSSR count). The third-order valence-corrected chi connectivity index (χ3v) is 3.41. The fourth-order valence-electron chi connectivity index (χ4n) is 2.27.